The van der Waals surface area contributed by atoms with Crippen molar-refractivity contribution in [3.63, 3.8) is 0 Å². The van der Waals surface area contributed by atoms with Crippen LogP contribution in [0.5, 0.6) is 0 Å². The second-order valence-electron chi connectivity index (χ2n) is 5.77. The SMILES string of the molecule is CCCCN1CC/C(=C2/CCCN2CCCC)C1=O. The van der Waals surface area contributed by atoms with Crippen LogP contribution in [0, 0.1) is 0 Å². The van der Waals surface area contributed by atoms with Crippen LogP contribution in [0.4, 0.5) is 0 Å². The van der Waals surface area contributed by atoms with E-state index in [4.69, 9.17) is 0 Å². The van der Waals surface area contributed by atoms with Gasteiger partial charge in [-0.05, 0) is 32.1 Å². The number of nitrogens with zero attached hydrogens (tertiary/aromatic N) is 2. The van der Waals surface area contributed by atoms with Crippen LogP contribution in [0.3, 0.4) is 0 Å². The minimum atomic E-state index is 0.326. The highest BCUT2D eigenvalue weighted by Gasteiger charge is 2.31. The lowest BCUT2D eigenvalue weighted by Crippen LogP contribution is -2.27. The van der Waals surface area contributed by atoms with E-state index < -0.39 is 0 Å². The predicted octanol–water partition coefficient (Wildman–Crippen LogP) is 3.17. The summed E-state index contributed by atoms with van der Waals surface area (Å²) in [4.78, 5) is 17.0. The van der Waals surface area contributed by atoms with Crippen molar-refractivity contribution in [2.45, 2.75) is 58.8 Å². The molecule has 0 N–H and O–H groups in total. The number of carbonyl (C=O) groups is 1. The molecule has 0 atom stereocenters. The molecule has 2 saturated heterocycles. The maximum atomic E-state index is 12.5. The molecule has 0 aromatic heterocycles. The number of rotatable bonds is 6. The third kappa shape index (κ3) is 3.31. The summed E-state index contributed by atoms with van der Waals surface area (Å²) in [6.07, 6.45) is 8.09. The first kappa shape index (κ1) is 14.4. The lowest BCUT2D eigenvalue weighted by atomic mass is 10.1. The number of hydrogen-bond acceptors (Lipinski definition) is 2. The summed E-state index contributed by atoms with van der Waals surface area (Å²) in [5.74, 6) is 0.326. The molecule has 0 aromatic rings. The quantitative estimate of drug-likeness (QED) is 0.688. The van der Waals surface area contributed by atoms with Crippen LogP contribution < -0.4 is 0 Å². The number of unbranched alkanes of at least 4 members (excludes halogenated alkanes) is 2. The van der Waals surface area contributed by atoms with E-state index in [2.05, 4.69) is 23.6 Å². The van der Waals surface area contributed by atoms with Crippen molar-refractivity contribution in [3.05, 3.63) is 11.3 Å². The summed E-state index contributed by atoms with van der Waals surface area (Å²) in [5, 5.41) is 0. The van der Waals surface area contributed by atoms with Gasteiger partial charge in [0.15, 0.2) is 0 Å². The van der Waals surface area contributed by atoms with Gasteiger partial charge in [0.1, 0.15) is 0 Å². The third-order valence-corrected chi connectivity index (χ3v) is 4.31. The normalized spacial score (nSPS) is 23.8. The van der Waals surface area contributed by atoms with E-state index >= 15 is 0 Å². The maximum Gasteiger partial charge on any atom is 0.251 e. The Morgan fingerprint density at radius 1 is 0.947 bits per heavy atom. The second-order valence-corrected chi connectivity index (χ2v) is 5.77. The highest BCUT2D eigenvalue weighted by molar-refractivity contribution is 5.96. The van der Waals surface area contributed by atoms with Gasteiger partial charge in [0.25, 0.3) is 5.91 Å². The van der Waals surface area contributed by atoms with Crippen LogP contribution in [0.15, 0.2) is 11.3 Å². The Balaban J connectivity index is 2.03. The summed E-state index contributed by atoms with van der Waals surface area (Å²) < 4.78 is 0. The van der Waals surface area contributed by atoms with Crippen LogP contribution >= 0.6 is 0 Å². The summed E-state index contributed by atoms with van der Waals surface area (Å²) in [6.45, 7) is 8.60. The Morgan fingerprint density at radius 2 is 1.63 bits per heavy atom. The monoisotopic (exact) mass is 264 g/mol. The Bertz CT molecular complexity index is 349. The summed E-state index contributed by atoms with van der Waals surface area (Å²) in [5.41, 5.74) is 2.50. The molecular weight excluding hydrogens is 236 g/mol. The predicted molar refractivity (Wildman–Crippen MR) is 78.8 cm³/mol. The van der Waals surface area contributed by atoms with Gasteiger partial charge in [0.2, 0.25) is 0 Å². The molecule has 2 heterocycles. The molecule has 1 amide bonds. The van der Waals surface area contributed by atoms with Gasteiger partial charge in [-0.15, -0.1) is 0 Å². The van der Waals surface area contributed by atoms with E-state index in [1.165, 1.54) is 25.0 Å². The number of hydrogen-bond donors (Lipinski definition) is 0. The van der Waals surface area contributed by atoms with Gasteiger partial charge in [-0.25, -0.2) is 0 Å². The molecule has 2 fully saturated rings. The molecule has 0 bridgehead atoms. The fraction of sp³-hybridized carbons (Fsp3) is 0.812. The average molecular weight is 264 g/mol. The highest BCUT2D eigenvalue weighted by Crippen LogP contribution is 2.30. The maximum absolute atomic E-state index is 12.5. The van der Waals surface area contributed by atoms with Gasteiger partial charge in [-0.2, -0.15) is 0 Å². The van der Waals surface area contributed by atoms with Gasteiger partial charge < -0.3 is 9.80 Å². The van der Waals surface area contributed by atoms with Gasteiger partial charge in [-0.3, -0.25) is 4.79 Å². The molecule has 108 valence electrons. The van der Waals surface area contributed by atoms with Crippen LogP contribution in [0.2, 0.25) is 0 Å². The first-order chi connectivity index (χ1) is 9.27. The fourth-order valence-electron chi connectivity index (χ4n) is 3.14. The van der Waals surface area contributed by atoms with Crippen LogP contribution in [-0.4, -0.2) is 41.9 Å². The van der Waals surface area contributed by atoms with Gasteiger partial charge in [-0.1, -0.05) is 26.7 Å². The van der Waals surface area contributed by atoms with E-state index in [0.717, 1.165) is 57.4 Å². The Hall–Kier alpha value is -0.990. The van der Waals surface area contributed by atoms with Gasteiger partial charge in [0.05, 0.1) is 0 Å². The van der Waals surface area contributed by atoms with Crippen molar-refractivity contribution >= 4 is 5.91 Å². The molecule has 3 heteroatoms. The molecule has 3 nitrogen and oxygen atoms in total. The molecule has 0 saturated carbocycles. The molecule has 0 aliphatic carbocycles. The van der Waals surface area contributed by atoms with E-state index in [1.807, 2.05) is 0 Å². The zero-order valence-corrected chi connectivity index (χ0v) is 12.6. The molecule has 2 rings (SSSR count). The van der Waals surface area contributed by atoms with E-state index in [1.54, 1.807) is 0 Å². The topological polar surface area (TPSA) is 23.6 Å². The third-order valence-electron chi connectivity index (χ3n) is 4.31. The average Bonchev–Trinajstić information content (AvgIpc) is 3.00. The standard InChI is InChI=1S/C16H28N2O/c1-3-5-10-17-12-7-8-15(17)14-9-13-18(16(14)19)11-6-4-2/h3-13H2,1-2H3/b15-14+. The minimum absolute atomic E-state index is 0.326. The van der Waals surface area contributed by atoms with E-state index in [0.29, 0.717) is 5.91 Å². The molecular formula is C16H28N2O. The van der Waals surface area contributed by atoms with Crippen molar-refractivity contribution in [2.75, 3.05) is 26.2 Å². The van der Waals surface area contributed by atoms with Crippen molar-refractivity contribution in [1.82, 2.24) is 9.80 Å². The Kier molecular flexibility index (Phi) is 5.29. The summed E-state index contributed by atoms with van der Waals surface area (Å²) >= 11 is 0. The van der Waals surface area contributed by atoms with Crippen molar-refractivity contribution in [1.29, 1.82) is 0 Å². The van der Waals surface area contributed by atoms with Crippen LogP contribution in [0.25, 0.3) is 0 Å². The van der Waals surface area contributed by atoms with Crippen LogP contribution in [-0.2, 0) is 4.79 Å². The number of amides is 1. The van der Waals surface area contributed by atoms with Crippen LogP contribution in [0.1, 0.15) is 58.8 Å². The van der Waals surface area contributed by atoms with Crippen molar-refractivity contribution < 1.29 is 4.79 Å². The zero-order chi connectivity index (χ0) is 13.7. The molecule has 0 aromatic carbocycles. The largest absolute Gasteiger partial charge is 0.374 e. The minimum Gasteiger partial charge on any atom is -0.374 e. The molecule has 0 radical (unpaired) electrons. The summed E-state index contributed by atoms with van der Waals surface area (Å²) in [6, 6.07) is 0. The number of carbonyl (C=O) groups excluding carboxylic acids is 1. The Morgan fingerprint density at radius 3 is 2.32 bits per heavy atom. The summed E-state index contributed by atoms with van der Waals surface area (Å²) in [7, 11) is 0. The second kappa shape index (κ2) is 6.97. The number of allylic oxidation sites excluding steroid dienone is 1. The number of likely N-dealkylation sites (tertiary alicyclic amines) is 2. The lowest BCUT2D eigenvalue weighted by Gasteiger charge is -2.21. The first-order valence-corrected chi connectivity index (χ1v) is 8.04. The molecule has 2 aliphatic rings. The smallest absolute Gasteiger partial charge is 0.251 e. The zero-order valence-electron chi connectivity index (χ0n) is 12.6. The molecule has 19 heavy (non-hydrogen) atoms. The van der Waals surface area contributed by atoms with Gasteiger partial charge >= 0.3 is 0 Å². The molecule has 0 unspecified atom stereocenters. The van der Waals surface area contributed by atoms with E-state index in [9.17, 15) is 4.79 Å². The fourth-order valence-corrected chi connectivity index (χ4v) is 3.14. The first-order valence-electron chi connectivity index (χ1n) is 8.04. The van der Waals surface area contributed by atoms with Crippen molar-refractivity contribution in [2.24, 2.45) is 0 Å². The highest BCUT2D eigenvalue weighted by atomic mass is 16.2. The Labute approximate surface area is 117 Å². The van der Waals surface area contributed by atoms with Gasteiger partial charge in [0, 0.05) is 37.4 Å². The van der Waals surface area contributed by atoms with E-state index in [-0.39, 0.29) is 0 Å². The molecule has 2 aliphatic heterocycles. The van der Waals surface area contributed by atoms with Crippen molar-refractivity contribution in [3.8, 4) is 0 Å². The molecule has 0 spiro atoms. The lowest BCUT2D eigenvalue weighted by molar-refractivity contribution is -0.124.